The molecule has 1 aromatic carbocycles. The molecule has 0 aliphatic rings. The summed E-state index contributed by atoms with van der Waals surface area (Å²) in [6.07, 6.45) is 1.97. The summed E-state index contributed by atoms with van der Waals surface area (Å²) in [6.45, 7) is 2.65. The number of nitro benzene ring substituents is 1. The highest BCUT2D eigenvalue weighted by Gasteiger charge is 2.11. The first-order valence-corrected chi connectivity index (χ1v) is 7.17. The average Bonchev–Trinajstić information content (AvgIpc) is 2.31. The Morgan fingerprint density at radius 1 is 1.50 bits per heavy atom. The fraction of sp³-hybridized carbons (Fsp3) is 0.500. The highest BCUT2D eigenvalue weighted by atomic mass is 79.9. The van der Waals surface area contributed by atoms with Crippen LogP contribution in [0.5, 0.6) is 5.75 Å². The first-order chi connectivity index (χ1) is 8.54. The summed E-state index contributed by atoms with van der Waals surface area (Å²) in [5, 5.41) is 12.0. The van der Waals surface area contributed by atoms with Crippen LogP contribution in [0.1, 0.15) is 19.8 Å². The number of alkyl halides is 1. The van der Waals surface area contributed by atoms with Crippen LogP contribution < -0.4 is 4.74 Å². The number of nitro groups is 1. The molecule has 0 saturated heterocycles. The molecule has 0 amide bonds. The van der Waals surface area contributed by atoms with Crippen molar-refractivity contribution >= 4 is 33.2 Å². The zero-order valence-electron chi connectivity index (χ0n) is 10.1. The van der Waals surface area contributed by atoms with Gasteiger partial charge < -0.3 is 4.74 Å². The molecule has 1 rings (SSSR count). The van der Waals surface area contributed by atoms with E-state index >= 15 is 0 Å². The highest BCUT2D eigenvalue weighted by molar-refractivity contribution is 9.09. The van der Waals surface area contributed by atoms with Crippen LogP contribution in [0.4, 0.5) is 5.69 Å². The Labute approximate surface area is 120 Å². The molecule has 0 fully saturated rings. The zero-order valence-corrected chi connectivity index (χ0v) is 12.4. The van der Waals surface area contributed by atoms with E-state index in [1.807, 2.05) is 0 Å². The van der Waals surface area contributed by atoms with Gasteiger partial charge in [0.25, 0.3) is 5.69 Å². The number of ether oxygens (including phenoxy) is 1. The highest BCUT2D eigenvalue weighted by Crippen LogP contribution is 2.29. The second kappa shape index (κ2) is 7.59. The number of hydrogen-bond acceptors (Lipinski definition) is 3. The van der Waals surface area contributed by atoms with Crippen LogP contribution in [0.15, 0.2) is 18.2 Å². The predicted molar refractivity (Wildman–Crippen MR) is 75.8 cm³/mol. The van der Waals surface area contributed by atoms with E-state index in [4.69, 9.17) is 16.3 Å². The molecular weight excluding hydrogens is 321 g/mol. The van der Waals surface area contributed by atoms with E-state index in [-0.39, 0.29) is 5.69 Å². The van der Waals surface area contributed by atoms with Gasteiger partial charge in [0, 0.05) is 11.4 Å². The molecule has 0 spiro atoms. The third-order valence-corrected chi connectivity index (χ3v) is 3.37. The summed E-state index contributed by atoms with van der Waals surface area (Å²) < 4.78 is 5.49. The molecular formula is C12H15BrClNO3. The maximum absolute atomic E-state index is 10.6. The normalized spacial score (nSPS) is 12.2. The van der Waals surface area contributed by atoms with Gasteiger partial charge in [-0.2, -0.15) is 0 Å². The van der Waals surface area contributed by atoms with Gasteiger partial charge in [0.2, 0.25) is 0 Å². The third-order valence-electron chi connectivity index (χ3n) is 2.60. The van der Waals surface area contributed by atoms with E-state index in [1.165, 1.54) is 18.2 Å². The van der Waals surface area contributed by atoms with Gasteiger partial charge in [-0.3, -0.25) is 10.1 Å². The summed E-state index contributed by atoms with van der Waals surface area (Å²) in [5.41, 5.74) is -0.0112. The van der Waals surface area contributed by atoms with Crippen LogP contribution in [0.2, 0.25) is 5.02 Å². The Kier molecular flexibility index (Phi) is 6.43. The molecule has 1 aromatic rings. The molecule has 0 bridgehead atoms. The smallest absolute Gasteiger partial charge is 0.273 e. The van der Waals surface area contributed by atoms with Gasteiger partial charge in [-0.15, -0.1) is 0 Å². The van der Waals surface area contributed by atoms with Crippen LogP contribution >= 0.6 is 27.5 Å². The van der Waals surface area contributed by atoms with Crippen molar-refractivity contribution in [2.75, 3.05) is 11.9 Å². The minimum atomic E-state index is -0.462. The molecule has 0 aromatic heterocycles. The summed E-state index contributed by atoms with van der Waals surface area (Å²) in [4.78, 5) is 10.2. The topological polar surface area (TPSA) is 52.4 Å². The number of benzene rings is 1. The minimum Gasteiger partial charge on any atom is -0.492 e. The Morgan fingerprint density at radius 3 is 2.83 bits per heavy atom. The molecule has 0 saturated carbocycles. The monoisotopic (exact) mass is 335 g/mol. The molecule has 0 heterocycles. The maximum atomic E-state index is 10.6. The standard InChI is InChI=1S/C12H15BrClNO3/c1-9(4-6-13)5-7-18-12-8-10(15(16)17)2-3-11(12)14/h2-3,8-9H,4-7H2,1H3. The molecule has 0 aliphatic heterocycles. The quantitative estimate of drug-likeness (QED) is 0.420. The van der Waals surface area contributed by atoms with E-state index < -0.39 is 4.92 Å². The van der Waals surface area contributed by atoms with Crippen molar-refractivity contribution in [1.82, 2.24) is 0 Å². The molecule has 6 heteroatoms. The molecule has 0 aliphatic carbocycles. The van der Waals surface area contributed by atoms with E-state index in [2.05, 4.69) is 22.9 Å². The Hall–Kier alpha value is -0.810. The minimum absolute atomic E-state index is 0.0112. The van der Waals surface area contributed by atoms with Crippen LogP contribution in [-0.2, 0) is 0 Å². The van der Waals surface area contributed by atoms with Crippen molar-refractivity contribution in [3.8, 4) is 5.75 Å². The Morgan fingerprint density at radius 2 is 2.22 bits per heavy atom. The SMILES string of the molecule is CC(CCBr)CCOc1cc([N+](=O)[O-])ccc1Cl. The van der Waals surface area contributed by atoms with E-state index in [9.17, 15) is 10.1 Å². The molecule has 1 atom stereocenters. The lowest BCUT2D eigenvalue weighted by Gasteiger charge is -2.11. The van der Waals surface area contributed by atoms with Gasteiger partial charge in [0.1, 0.15) is 5.75 Å². The van der Waals surface area contributed by atoms with Crippen molar-refractivity contribution in [3.63, 3.8) is 0 Å². The van der Waals surface area contributed by atoms with Crippen molar-refractivity contribution in [1.29, 1.82) is 0 Å². The second-order valence-corrected chi connectivity index (χ2v) is 5.29. The van der Waals surface area contributed by atoms with Crippen molar-refractivity contribution in [2.45, 2.75) is 19.8 Å². The molecule has 4 nitrogen and oxygen atoms in total. The predicted octanol–water partition coefficient (Wildman–Crippen LogP) is 4.44. The lowest BCUT2D eigenvalue weighted by Crippen LogP contribution is -2.05. The molecule has 18 heavy (non-hydrogen) atoms. The van der Waals surface area contributed by atoms with Gasteiger partial charge >= 0.3 is 0 Å². The molecule has 100 valence electrons. The maximum Gasteiger partial charge on any atom is 0.273 e. The fourth-order valence-electron chi connectivity index (χ4n) is 1.42. The average molecular weight is 337 g/mol. The number of rotatable bonds is 7. The Balaban J connectivity index is 2.56. The molecule has 0 radical (unpaired) electrons. The van der Waals surface area contributed by atoms with Gasteiger partial charge in [0.15, 0.2) is 0 Å². The number of hydrogen-bond donors (Lipinski definition) is 0. The third kappa shape index (κ3) is 4.82. The summed E-state index contributed by atoms with van der Waals surface area (Å²) in [6, 6.07) is 4.21. The number of non-ortho nitro benzene ring substituents is 1. The van der Waals surface area contributed by atoms with Crippen LogP contribution in [0, 0.1) is 16.0 Å². The largest absolute Gasteiger partial charge is 0.492 e. The van der Waals surface area contributed by atoms with Crippen LogP contribution in [-0.4, -0.2) is 16.9 Å². The zero-order chi connectivity index (χ0) is 13.5. The molecule has 1 unspecified atom stereocenters. The van der Waals surface area contributed by atoms with Crippen molar-refractivity contribution < 1.29 is 9.66 Å². The van der Waals surface area contributed by atoms with Gasteiger partial charge in [-0.1, -0.05) is 34.5 Å². The summed E-state index contributed by atoms with van der Waals surface area (Å²) >= 11 is 9.31. The van der Waals surface area contributed by atoms with Gasteiger partial charge in [-0.25, -0.2) is 0 Å². The van der Waals surface area contributed by atoms with E-state index in [1.54, 1.807) is 0 Å². The fourth-order valence-corrected chi connectivity index (χ4v) is 2.37. The lowest BCUT2D eigenvalue weighted by atomic mass is 10.1. The van der Waals surface area contributed by atoms with E-state index in [0.717, 1.165) is 18.2 Å². The molecule has 0 N–H and O–H groups in total. The van der Waals surface area contributed by atoms with Crippen LogP contribution in [0.25, 0.3) is 0 Å². The second-order valence-electron chi connectivity index (χ2n) is 4.09. The van der Waals surface area contributed by atoms with Crippen LogP contribution in [0.3, 0.4) is 0 Å². The summed E-state index contributed by atoms with van der Waals surface area (Å²) in [5.74, 6) is 0.916. The van der Waals surface area contributed by atoms with Crippen molar-refractivity contribution in [3.05, 3.63) is 33.3 Å². The van der Waals surface area contributed by atoms with Gasteiger partial charge in [0.05, 0.1) is 22.6 Å². The lowest BCUT2D eigenvalue weighted by molar-refractivity contribution is -0.384. The Bertz CT molecular complexity index is 414. The van der Waals surface area contributed by atoms with E-state index in [0.29, 0.717) is 23.3 Å². The van der Waals surface area contributed by atoms with Gasteiger partial charge in [-0.05, 0) is 24.8 Å². The first kappa shape index (κ1) is 15.2. The van der Waals surface area contributed by atoms with Crippen molar-refractivity contribution in [2.24, 2.45) is 5.92 Å². The summed E-state index contributed by atoms with van der Waals surface area (Å²) in [7, 11) is 0. The first-order valence-electron chi connectivity index (χ1n) is 5.67. The number of halogens is 2. The number of nitrogens with zero attached hydrogens (tertiary/aromatic N) is 1.